The lowest BCUT2D eigenvalue weighted by Crippen LogP contribution is -2.46. The van der Waals surface area contributed by atoms with Crippen LogP contribution in [0.3, 0.4) is 0 Å². The molecule has 0 radical (unpaired) electrons. The molecule has 2 bridgehead atoms. The van der Waals surface area contributed by atoms with Crippen LogP contribution in [-0.2, 0) is 14.4 Å². The Bertz CT molecular complexity index is 830. The van der Waals surface area contributed by atoms with E-state index < -0.39 is 11.9 Å². The average molecular weight is 371 g/mol. The summed E-state index contributed by atoms with van der Waals surface area (Å²) in [6, 6.07) is 6.06. The largest absolute Gasteiger partial charge is 0.323 e. The number of rotatable bonds is 3. The zero-order valence-electron chi connectivity index (χ0n) is 14.3. The van der Waals surface area contributed by atoms with Crippen LogP contribution in [0.15, 0.2) is 36.4 Å². The van der Waals surface area contributed by atoms with E-state index in [1.165, 1.54) is 4.90 Å². The van der Waals surface area contributed by atoms with Gasteiger partial charge in [0.25, 0.3) is 0 Å². The van der Waals surface area contributed by atoms with Crippen molar-refractivity contribution in [1.29, 1.82) is 0 Å². The minimum Gasteiger partial charge on any atom is -0.323 e. The summed E-state index contributed by atoms with van der Waals surface area (Å²) >= 11 is 6.09. The molecule has 0 aromatic heterocycles. The van der Waals surface area contributed by atoms with Crippen molar-refractivity contribution in [3.63, 3.8) is 0 Å². The molecule has 0 unspecified atom stereocenters. The number of imide groups is 1. The molecule has 3 amide bonds. The molecule has 134 valence electrons. The third-order valence-electron chi connectivity index (χ3n) is 6.60. The third kappa shape index (κ3) is 2.07. The van der Waals surface area contributed by atoms with Crippen LogP contribution in [0.5, 0.6) is 0 Å². The summed E-state index contributed by atoms with van der Waals surface area (Å²) in [5.41, 5.74) is 0.477. The van der Waals surface area contributed by atoms with Crippen LogP contribution < -0.4 is 5.32 Å². The van der Waals surface area contributed by atoms with Crippen molar-refractivity contribution in [1.82, 2.24) is 4.90 Å². The minimum atomic E-state index is -0.854. The first kappa shape index (κ1) is 16.1. The van der Waals surface area contributed by atoms with Crippen molar-refractivity contribution < 1.29 is 14.4 Å². The number of likely N-dealkylation sites (tertiary alicyclic amines) is 1. The van der Waals surface area contributed by atoms with Gasteiger partial charge in [-0.05, 0) is 49.1 Å². The molecule has 4 aliphatic carbocycles. The molecule has 6 heteroatoms. The Morgan fingerprint density at radius 1 is 1.12 bits per heavy atom. The molecule has 6 rings (SSSR count). The number of nitrogens with zero attached hydrogens (tertiary/aromatic N) is 1. The lowest BCUT2D eigenvalue weighted by atomic mass is 9.63. The number of allylic oxidation sites excluding steroid dienone is 2. The highest BCUT2D eigenvalue weighted by Crippen LogP contribution is 2.65. The molecular formula is C20H19ClN2O3. The molecule has 1 saturated heterocycles. The molecular weight excluding hydrogens is 352 g/mol. The summed E-state index contributed by atoms with van der Waals surface area (Å²) in [6.07, 6.45) is 5.38. The van der Waals surface area contributed by atoms with Crippen LogP contribution >= 0.6 is 11.6 Å². The summed E-state index contributed by atoms with van der Waals surface area (Å²) in [5, 5.41) is 3.15. The number of halogens is 1. The van der Waals surface area contributed by atoms with Gasteiger partial charge in [0.15, 0.2) is 0 Å². The third-order valence-corrected chi connectivity index (χ3v) is 6.92. The predicted molar refractivity (Wildman–Crippen MR) is 96.1 cm³/mol. The van der Waals surface area contributed by atoms with E-state index in [0.29, 0.717) is 22.5 Å². The number of para-hydroxylation sites is 1. The van der Waals surface area contributed by atoms with E-state index >= 15 is 0 Å². The highest BCUT2D eigenvalue weighted by Gasteiger charge is 2.67. The fourth-order valence-electron chi connectivity index (χ4n) is 5.28. The minimum absolute atomic E-state index is 0.162. The smallest absolute Gasteiger partial charge is 0.247 e. The molecule has 1 aromatic carbocycles. The number of anilines is 1. The molecule has 7 atom stereocenters. The molecule has 2 saturated carbocycles. The quantitative estimate of drug-likeness (QED) is 0.657. The van der Waals surface area contributed by atoms with Gasteiger partial charge in [0.05, 0.1) is 22.5 Å². The molecule has 5 aliphatic rings. The SMILES string of the molecule is C[C@H](C(=O)Nc1ccccc1Cl)N1C(=O)[C@H]2[C@@H]3C=C[C@H]([C@H]4C[C@H]34)[C@@H]2C1=O. The van der Waals surface area contributed by atoms with Crippen molar-refractivity contribution in [3.05, 3.63) is 41.4 Å². The maximum Gasteiger partial charge on any atom is 0.247 e. The topological polar surface area (TPSA) is 66.5 Å². The number of hydrogen-bond donors (Lipinski definition) is 1. The molecule has 1 heterocycles. The Morgan fingerprint density at radius 3 is 2.27 bits per heavy atom. The van der Waals surface area contributed by atoms with Crippen molar-refractivity contribution in [2.45, 2.75) is 19.4 Å². The normalized spacial score (nSPS) is 37.4. The maximum absolute atomic E-state index is 13.0. The Labute approximate surface area is 156 Å². The molecule has 26 heavy (non-hydrogen) atoms. The van der Waals surface area contributed by atoms with Crippen LogP contribution in [0.1, 0.15) is 13.3 Å². The van der Waals surface area contributed by atoms with Gasteiger partial charge in [0.2, 0.25) is 17.7 Å². The Hall–Kier alpha value is -2.14. The van der Waals surface area contributed by atoms with E-state index in [0.717, 1.165) is 6.42 Å². The van der Waals surface area contributed by atoms with E-state index in [4.69, 9.17) is 11.6 Å². The van der Waals surface area contributed by atoms with Crippen LogP contribution in [0, 0.1) is 35.5 Å². The van der Waals surface area contributed by atoms with Gasteiger partial charge in [0.1, 0.15) is 6.04 Å². The molecule has 1 N–H and O–H groups in total. The number of nitrogens with one attached hydrogen (secondary N) is 1. The summed E-state index contributed by atoms with van der Waals surface area (Å²) in [7, 11) is 0. The molecule has 3 fully saturated rings. The van der Waals surface area contributed by atoms with Gasteiger partial charge in [0, 0.05) is 0 Å². The first-order chi connectivity index (χ1) is 12.5. The Morgan fingerprint density at radius 2 is 1.69 bits per heavy atom. The second kappa shape index (κ2) is 5.43. The predicted octanol–water partition coefficient (Wildman–Crippen LogP) is 2.72. The van der Waals surface area contributed by atoms with Crippen molar-refractivity contribution >= 4 is 35.0 Å². The standard InChI is InChI=1S/C20H19ClN2O3/c1-9(18(24)22-15-5-3-2-4-14(15)21)23-19(25)16-10-6-7-11(13-8-12(10)13)17(16)20(23)26/h2-7,9-13,16-17H,8H2,1H3,(H,22,24)/t9-,10-,11-,12-,13-,16+,17+/m1/s1. The first-order valence-corrected chi connectivity index (χ1v) is 9.47. The van der Waals surface area contributed by atoms with Gasteiger partial charge in [-0.3, -0.25) is 19.3 Å². The van der Waals surface area contributed by atoms with Crippen molar-refractivity contribution in [2.75, 3.05) is 5.32 Å². The highest BCUT2D eigenvalue weighted by molar-refractivity contribution is 6.33. The molecule has 1 aromatic rings. The van der Waals surface area contributed by atoms with E-state index in [-0.39, 0.29) is 35.5 Å². The van der Waals surface area contributed by atoms with E-state index in [1.54, 1.807) is 31.2 Å². The molecule has 1 aliphatic heterocycles. The molecule has 0 spiro atoms. The second-order valence-electron chi connectivity index (χ2n) is 7.85. The summed E-state index contributed by atoms with van der Waals surface area (Å²) in [4.78, 5) is 39.9. The monoisotopic (exact) mass is 370 g/mol. The summed E-state index contributed by atoms with van der Waals surface area (Å²) in [5.74, 6) is 0.0894. The molecule has 5 nitrogen and oxygen atoms in total. The number of carbonyl (C=O) groups excluding carboxylic acids is 3. The first-order valence-electron chi connectivity index (χ1n) is 9.09. The summed E-state index contributed by atoms with van der Waals surface area (Å²) in [6.45, 7) is 1.61. The Kier molecular flexibility index (Phi) is 3.35. The van der Waals surface area contributed by atoms with E-state index in [1.807, 2.05) is 0 Å². The number of hydrogen-bond acceptors (Lipinski definition) is 3. The van der Waals surface area contributed by atoms with Gasteiger partial charge in [-0.2, -0.15) is 0 Å². The number of amides is 3. The summed E-state index contributed by atoms with van der Waals surface area (Å²) < 4.78 is 0. The highest BCUT2D eigenvalue weighted by atomic mass is 35.5. The maximum atomic E-state index is 13.0. The van der Waals surface area contributed by atoms with Crippen LogP contribution in [0.2, 0.25) is 5.02 Å². The fraction of sp³-hybridized carbons (Fsp3) is 0.450. The van der Waals surface area contributed by atoms with Crippen LogP contribution in [0.4, 0.5) is 5.69 Å². The van der Waals surface area contributed by atoms with Crippen molar-refractivity contribution in [2.24, 2.45) is 35.5 Å². The van der Waals surface area contributed by atoms with Crippen LogP contribution in [0.25, 0.3) is 0 Å². The van der Waals surface area contributed by atoms with Gasteiger partial charge >= 0.3 is 0 Å². The van der Waals surface area contributed by atoms with Crippen LogP contribution in [-0.4, -0.2) is 28.7 Å². The lowest BCUT2D eigenvalue weighted by molar-refractivity contribution is -0.146. The number of benzene rings is 1. The second-order valence-corrected chi connectivity index (χ2v) is 8.25. The van der Waals surface area contributed by atoms with E-state index in [2.05, 4.69) is 17.5 Å². The zero-order valence-corrected chi connectivity index (χ0v) is 15.0. The van der Waals surface area contributed by atoms with Gasteiger partial charge in [-0.15, -0.1) is 0 Å². The lowest BCUT2D eigenvalue weighted by Gasteiger charge is -2.37. The number of carbonyl (C=O) groups is 3. The van der Waals surface area contributed by atoms with E-state index in [9.17, 15) is 14.4 Å². The Balaban J connectivity index is 1.39. The zero-order chi connectivity index (χ0) is 18.2. The fourth-order valence-corrected chi connectivity index (χ4v) is 5.46. The van der Waals surface area contributed by atoms with Gasteiger partial charge < -0.3 is 5.32 Å². The van der Waals surface area contributed by atoms with Gasteiger partial charge in [-0.25, -0.2) is 0 Å². The van der Waals surface area contributed by atoms with Gasteiger partial charge in [-0.1, -0.05) is 35.9 Å². The average Bonchev–Trinajstić information content (AvgIpc) is 3.41. The van der Waals surface area contributed by atoms with Crippen molar-refractivity contribution in [3.8, 4) is 0 Å².